The number of nitrogens with one attached hydrogen (secondary N) is 1. The van der Waals surface area contributed by atoms with E-state index in [-0.39, 0.29) is 0 Å². The van der Waals surface area contributed by atoms with Crippen molar-refractivity contribution in [2.75, 3.05) is 6.54 Å². The molecule has 20 heavy (non-hydrogen) atoms. The zero-order valence-electron chi connectivity index (χ0n) is 12.7. The van der Waals surface area contributed by atoms with Crippen molar-refractivity contribution in [3.05, 3.63) is 34.6 Å². The van der Waals surface area contributed by atoms with E-state index in [4.69, 9.17) is 4.98 Å². The number of aryl methyl sites for hydroxylation is 1. The van der Waals surface area contributed by atoms with Gasteiger partial charge < -0.3 is 5.32 Å². The van der Waals surface area contributed by atoms with Crippen LogP contribution in [-0.4, -0.2) is 16.5 Å². The van der Waals surface area contributed by atoms with Gasteiger partial charge in [0.25, 0.3) is 0 Å². The van der Waals surface area contributed by atoms with Crippen LogP contribution in [0, 0.1) is 12.8 Å². The van der Waals surface area contributed by atoms with Crippen molar-refractivity contribution in [2.24, 2.45) is 5.92 Å². The van der Waals surface area contributed by atoms with Crippen molar-refractivity contribution in [3.8, 4) is 10.6 Å². The van der Waals surface area contributed by atoms with Gasteiger partial charge in [0.1, 0.15) is 5.01 Å². The van der Waals surface area contributed by atoms with E-state index in [1.54, 1.807) is 0 Å². The van der Waals surface area contributed by atoms with Gasteiger partial charge in [-0.15, -0.1) is 11.3 Å². The smallest absolute Gasteiger partial charge is 0.124 e. The van der Waals surface area contributed by atoms with Gasteiger partial charge in [-0.2, -0.15) is 0 Å². The van der Waals surface area contributed by atoms with Crippen LogP contribution in [0.4, 0.5) is 0 Å². The van der Waals surface area contributed by atoms with Gasteiger partial charge in [0, 0.05) is 29.4 Å². The van der Waals surface area contributed by atoms with Crippen LogP contribution in [0.15, 0.2) is 18.5 Å². The molecule has 0 unspecified atom stereocenters. The monoisotopic (exact) mass is 289 g/mol. The summed E-state index contributed by atoms with van der Waals surface area (Å²) in [6.45, 7) is 10.6. The van der Waals surface area contributed by atoms with Gasteiger partial charge in [0.2, 0.25) is 0 Å². The molecule has 2 rings (SSSR count). The first kappa shape index (κ1) is 15.1. The minimum Gasteiger partial charge on any atom is -0.312 e. The van der Waals surface area contributed by atoms with E-state index in [9.17, 15) is 0 Å². The first-order chi connectivity index (χ1) is 9.61. The predicted octanol–water partition coefficient (Wildman–Crippen LogP) is 3.82. The summed E-state index contributed by atoms with van der Waals surface area (Å²) in [5.74, 6) is 0.629. The van der Waals surface area contributed by atoms with Crippen molar-refractivity contribution in [1.29, 1.82) is 0 Å². The van der Waals surface area contributed by atoms with Gasteiger partial charge in [-0.1, -0.05) is 20.8 Å². The topological polar surface area (TPSA) is 37.8 Å². The summed E-state index contributed by atoms with van der Waals surface area (Å²) in [4.78, 5) is 10.4. The van der Waals surface area contributed by atoms with Crippen LogP contribution in [0.2, 0.25) is 0 Å². The van der Waals surface area contributed by atoms with E-state index >= 15 is 0 Å². The minimum atomic E-state index is 0.629. The summed E-state index contributed by atoms with van der Waals surface area (Å²) in [5.41, 5.74) is 3.64. The molecule has 108 valence electrons. The normalized spacial score (nSPS) is 11.2. The maximum absolute atomic E-state index is 4.89. The minimum absolute atomic E-state index is 0.629. The highest BCUT2D eigenvalue weighted by Gasteiger charge is 2.14. The molecule has 2 heterocycles. The second kappa shape index (κ2) is 6.95. The number of rotatable bonds is 6. The van der Waals surface area contributed by atoms with Crippen LogP contribution in [-0.2, 0) is 13.0 Å². The SMILES string of the molecule is CCNCc1sc(-c2ccncc2C)nc1CC(C)C. The highest BCUT2D eigenvalue weighted by Crippen LogP contribution is 2.31. The highest BCUT2D eigenvalue weighted by molar-refractivity contribution is 7.15. The first-order valence-electron chi connectivity index (χ1n) is 7.22. The Balaban J connectivity index is 2.35. The second-order valence-corrected chi connectivity index (χ2v) is 6.54. The first-order valence-corrected chi connectivity index (χ1v) is 8.03. The van der Waals surface area contributed by atoms with E-state index in [1.807, 2.05) is 23.7 Å². The number of aromatic nitrogens is 2. The molecule has 0 fully saturated rings. The third kappa shape index (κ3) is 3.64. The Morgan fingerprint density at radius 2 is 2.15 bits per heavy atom. The van der Waals surface area contributed by atoms with Gasteiger partial charge in [-0.05, 0) is 37.4 Å². The number of pyridine rings is 1. The molecular formula is C16H23N3S. The molecule has 0 amide bonds. The van der Waals surface area contributed by atoms with Crippen molar-refractivity contribution in [2.45, 2.75) is 40.7 Å². The highest BCUT2D eigenvalue weighted by atomic mass is 32.1. The third-order valence-corrected chi connectivity index (χ3v) is 4.30. The predicted molar refractivity (Wildman–Crippen MR) is 86.0 cm³/mol. The summed E-state index contributed by atoms with van der Waals surface area (Å²) in [6, 6.07) is 2.06. The average Bonchev–Trinajstić information content (AvgIpc) is 2.79. The summed E-state index contributed by atoms with van der Waals surface area (Å²) in [6.07, 6.45) is 4.79. The van der Waals surface area contributed by atoms with Gasteiger partial charge >= 0.3 is 0 Å². The largest absolute Gasteiger partial charge is 0.312 e. The zero-order chi connectivity index (χ0) is 14.5. The Hall–Kier alpha value is -1.26. The Bertz CT molecular complexity index is 561. The van der Waals surface area contributed by atoms with Gasteiger partial charge in [-0.25, -0.2) is 4.98 Å². The summed E-state index contributed by atoms with van der Waals surface area (Å²) >= 11 is 1.81. The van der Waals surface area contributed by atoms with E-state index in [1.165, 1.54) is 21.7 Å². The maximum Gasteiger partial charge on any atom is 0.124 e. The van der Waals surface area contributed by atoms with E-state index in [2.05, 4.69) is 44.1 Å². The fraction of sp³-hybridized carbons (Fsp3) is 0.500. The Labute approximate surface area is 125 Å². The van der Waals surface area contributed by atoms with Crippen LogP contribution in [0.5, 0.6) is 0 Å². The van der Waals surface area contributed by atoms with Crippen LogP contribution >= 0.6 is 11.3 Å². The molecule has 3 nitrogen and oxygen atoms in total. The van der Waals surface area contributed by atoms with Crippen LogP contribution in [0.3, 0.4) is 0 Å². The van der Waals surface area contributed by atoms with Crippen LogP contribution in [0.25, 0.3) is 10.6 Å². The molecule has 0 radical (unpaired) electrons. The zero-order valence-corrected chi connectivity index (χ0v) is 13.5. The molecule has 0 aliphatic heterocycles. The lowest BCUT2D eigenvalue weighted by Crippen LogP contribution is -2.12. The van der Waals surface area contributed by atoms with Crippen LogP contribution < -0.4 is 5.32 Å². The fourth-order valence-corrected chi connectivity index (χ4v) is 3.28. The molecule has 0 atom stereocenters. The Kier molecular flexibility index (Phi) is 5.26. The molecule has 4 heteroatoms. The fourth-order valence-electron chi connectivity index (χ4n) is 2.13. The lowest BCUT2D eigenvalue weighted by atomic mass is 10.1. The van der Waals surface area contributed by atoms with Gasteiger partial charge in [0.05, 0.1) is 5.69 Å². The molecule has 0 aliphatic carbocycles. The molecule has 0 saturated heterocycles. The molecule has 0 saturated carbocycles. The summed E-state index contributed by atoms with van der Waals surface area (Å²) in [5, 5.41) is 4.53. The van der Waals surface area contributed by atoms with E-state index < -0.39 is 0 Å². The number of hydrogen-bond acceptors (Lipinski definition) is 4. The van der Waals surface area contributed by atoms with Crippen molar-refractivity contribution >= 4 is 11.3 Å². The molecule has 1 N–H and O–H groups in total. The Morgan fingerprint density at radius 1 is 1.35 bits per heavy atom. The molecule has 0 spiro atoms. The lowest BCUT2D eigenvalue weighted by Gasteiger charge is -2.04. The van der Waals surface area contributed by atoms with Crippen molar-refractivity contribution in [1.82, 2.24) is 15.3 Å². The van der Waals surface area contributed by atoms with Crippen molar-refractivity contribution < 1.29 is 0 Å². The summed E-state index contributed by atoms with van der Waals surface area (Å²) in [7, 11) is 0. The molecule has 2 aromatic rings. The number of hydrogen-bond donors (Lipinski definition) is 1. The second-order valence-electron chi connectivity index (χ2n) is 5.46. The third-order valence-electron chi connectivity index (χ3n) is 3.17. The standard InChI is InChI=1S/C16H23N3S/c1-5-17-10-15-14(8-11(2)3)19-16(20-15)13-6-7-18-9-12(13)4/h6-7,9,11,17H,5,8,10H2,1-4H3. The molecule has 0 bridgehead atoms. The molecule has 0 aliphatic rings. The molecular weight excluding hydrogens is 266 g/mol. The average molecular weight is 289 g/mol. The van der Waals surface area contributed by atoms with Gasteiger partial charge in [-0.3, -0.25) is 4.98 Å². The summed E-state index contributed by atoms with van der Waals surface area (Å²) < 4.78 is 0. The Morgan fingerprint density at radius 3 is 2.80 bits per heavy atom. The van der Waals surface area contributed by atoms with E-state index in [0.29, 0.717) is 5.92 Å². The number of thiazole rings is 1. The van der Waals surface area contributed by atoms with Gasteiger partial charge in [0.15, 0.2) is 0 Å². The molecule has 2 aromatic heterocycles. The van der Waals surface area contributed by atoms with Crippen LogP contribution in [0.1, 0.15) is 36.9 Å². The van der Waals surface area contributed by atoms with Crippen molar-refractivity contribution in [3.63, 3.8) is 0 Å². The maximum atomic E-state index is 4.89. The lowest BCUT2D eigenvalue weighted by molar-refractivity contribution is 0.628. The number of nitrogens with zero attached hydrogens (tertiary/aromatic N) is 2. The van der Waals surface area contributed by atoms with E-state index in [0.717, 1.165) is 24.5 Å². The quantitative estimate of drug-likeness (QED) is 0.878. The molecule has 0 aromatic carbocycles.